The maximum Gasteiger partial charge on any atom is 0.237 e. The fraction of sp³-hybridized carbons (Fsp3) is 0.562. The Morgan fingerprint density at radius 3 is 2.95 bits per heavy atom. The van der Waals surface area contributed by atoms with Crippen molar-refractivity contribution in [3.8, 4) is 5.75 Å². The molecule has 0 saturated carbocycles. The molecule has 1 aliphatic rings. The molecular weight excluding hydrogens is 323 g/mol. The summed E-state index contributed by atoms with van der Waals surface area (Å²) in [6.45, 7) is 4.67. The highest BCUT2D eigenvalue weighted by Crippen LogP contribution is 2.33. The Balaban J connectivity index is 0.00000242. The van der Waals surface area contributed by atoms with Gasteiger partial charge in [-0.1, -0.05) is 37.9 Å². The molecule has 1 aromatic carbocycles. The van der Waals surface area contributed by atoms with Crippen molar-refractivity contribution in [3.05, 3.63) is 28.8 Å². The molecule has 3 unspecified atom stereocenters. The summed E-state index contributed by atoms with van der Waals surface area (Å²) in [6.07, 6.45) is 2.61. The number of fused-ring (bicyclic) bond motifs is 1. The first-order valence-corrected chi connectivity index (χ1v) is 7.89. The van der Waals surface area contributed by atoms with E-state index in [1.54, 1.807) is 6.07 Å². The van der Waals surface area contributed by atoms with E-state index in [0.717, 1.165) is 30.6 Å². The highest BCUT2D eigenvalue weighted by molar-refractivity contribution is 6.30. The minimum absolute atomic E-state index is 0. The van der Waals surface area contributed by atoms with Gasteiger partial charge in [0.05, 0.1) is 18.7 Å². The van der Waals surface area contributed by atoms with Gasteiger partial charge in [-0.25, -0.2) is 0 Å². The molecule has 4 nitrogen and oxygen atoms in total. The van der Waals surface area contributed by atoms with E-state index in [-0.39, 0.29) is 30.3 Å². The van der Waals surface area contributed by atoms with Crippen molar-refractivity contribution < 1.29 is 9.53 Å². The molecule has 3 atom stereocenters. The van der Waals surface area contributed by atoms with Crippen molar-refractivity contribution in [1.29, 1.82) is 0 Å². The highest BCUT2D eigenvalue weighted by Gasteiger charge is 2.26. The summed E-state index contributed by atoms with van der Waals surface area (Å²) in [4.78, 5) is 12.3. The number of ether oxygens (including phenoxy) is 1. The van der Waals surface area contributed by atoms with E-state index in [2.05, 4.69) is 5.32 Å². The van der Waals surface area contributed by atoms with Crippen molar-refractivity contribution in [2.45, 2.75) is 45.2 Å². The second-order valence-corrected chi connectivity index (χ2v) is 6.08. The second kappa shape index (κ2) is 8.61. The van der Waals surface area contributed by atoms with Gasteiger partial charge in [-0.3, -0.25) is 4.79 Å². The molecule has 1 amide bonds. The minimum atomic E-state index is -0.477. The first-order valence-electron chi connectivity index (χ1n) is 7.51. The average Bonchev–Trinajstić information content (AvgIpc) is 2.67. The largest absolute Gasteiger partial charge is 0.493 e. The Morgan fingerprint density at radius 1 is 1.55 bits per heavy atom. The number of hydrogen-bond donors (Lipinski definition) is 2. The first kappa shape index (κ1) is 19.1. The topological polar surface area (TPSA) is 64.4 Å². The molecular formula is C16H24Cl2N2O2. The second-order valence-electron chi connectivity index (χ2n) is 5.65. The zero-order valence-electron chi connectivity index (χ0n) is 13.0. The molecule has 6 heteroatoms. The number of nitrogens with two attached hydrogens (primary N) is 1. The van der Waals surface area contributed by atoms with E-state index in [0.29, 0.717) is 11.6 Å². The van der Waals surface area contributed by atoms with Crippen molar-refractivity contribution in [2.24, 2.45) is 11.7 Å². The summed E-state index contributed by atoms with van der Waals surface area (Å²) in [5.74, 6) is 0.816. The van der Waals surface area contributed by atoms with Gasteiger partial charge >= 0.3 is 0 Å². The summed E-state index contributed by atoms with van der Waals surface area (Å²) in [6, 6.07) is 5.00. The van der Waals surface area contributed by atoms with Gasteiger partial charge in [0.15, 0.2) is 0 Å². The van der Waals surface area contributed by atoms with Gasteiger partial charge in [-0.15, -0.1) is 12.4 Å². The molecule has 2 rings (SSSR count). The molecule has 1 heterocycles. The van der Waals surface area contributed by atoms with Crippen molar-refractivity contribution in [1.82, 2.24) is 5.32 Å². The fourth-order valence-electron chi connectivity index (χ4n) is 2.48. The minimum Gasteiger partial charge on any atom is -0.493 e. The summed E-state index contributed by atoms with van der Waals surface area (Å²) in [7, 11) is 0. The number of rotatable bonds is 4. The lowest BCUT2D eigenvalue weighted by atomic mass is 9.97. The molecule has 0 aromatic heterocycles. The van der Waals surface area contributed by atoms with Crippen LogP contribution in [-0.4, -0.2) is 18.6 Å². The molecule has 3 N–H and O–H groups in total. The summed E-state index contributed by atoms with van der Waals surface area (Å²) in [5, 5.41) is 3.70. The van der Waals surface area contributed by atoms with Gasteiger partial charge in [0.2, 0.25) is 5.91 Å². The van der Waals surface area contributed by atoms with Gasteiger partial charge in [-0.2, -0.15) is 0 Å². The first-order chi connectivity index (χ1) is 10.0. The molecule has 124 valence electrons. The Bertz CT molecular complexity index is 511. The molecule has 0 fully saturated rings. The lowest BCUT2D eigenvalue weighted by molar-refractivity contribution is -0.124. The Morgan fingerprint density at radius 2 is 2.27 bits per heavy atom. The van der Waals surface area contributed by atoms with Crippen LogP contribution in [0.5, 0.6) is 5.75 Å². The van der Waals surface area contributed by atoms with Crippen LogP contribution < -0.4 is 15.8 Å². The van der Waals surface area contributed by atoms with Crippen LogP contribution in [0.2, 0.25) is 5.02 Å². The van der Waals surface area contributed by atoms with E-state index in [9.17, 15) is 4.79 Å². The van der Waals surface area contributed by atoms with Crippen LogP contribution in [0.3, 0.4) is 0 Å². The molecule has 0 spiro atoms. The number of benzene rings is 1. The lowest BCUT2D eigenvalue weighted by Gasteiger charge is -2.23. The standard InChI is InChI=1S/C16H23ClN2O2.ClH/c1-3-10(2)15(18)16(20)19-13-5-4-8-21-14-9-11(17)6-7-12(13)14;/h6-7,9-10,13,15H,3-5,8,18H2,1-2H3,(H,19,20);1H. The van der Waals surface area contributed by atoms with E-state index < -0.39 is 6.04 Å². The molecule has 1 aliphatic heterocycles. The van der Waals surface area contributed by atoms with E-state index in [1.807, 2.05) is 26.0 Å². The van der Waals surface area contributed by atoms with Gasteiger partial charge < -0.3 is 15.8 Å². The van der Waals surface area contributed by atoms with E-state index in [4.69, 9.17) is 22.1 Å². The number of amides is 1. The molecule has 1 aromatic rings. The van der Waals surface area contributed by atoms with Crippen LogP contribution in [0.1, 0.15) is 44.7 Å². The van der Waals surface area contributed by atoms with Crippen molar-refractivity contribution in [3.63, 3.8) is 0 Å². The maximum absolute atomic E-state index is 12.3. The van der Waals surface area contributed by atoms with Gasteiger partial charge in [-0.05, 0) is 30.9 Å². The average molecular weight is 347 g/mol. The zero-order chi connectivity index (χ0) is 15.4. The number of carbonyl (C=O) groups is 1. The van der Waals surface area contributed by atoms with Gasteiger partial charge in [0, 0.05) is 10.6 Å². The van der Waals surface area contributed by atoms with Crippen LogP contribution >= 0.6 is 24.0 Å². The van der Waals surface area contributed by atoms with E-state index >= 15 is 0 Å². The third kappa shape index (κ3) is 4.51. The molecule has 0 saturated heterocycles. The number of carbonyl (C=O) groups excluding carboxylic acids is 1. The SMILES string of the molecule is CCC(C)C(N)C(=O)NC1CCCOc2cc(Cl)ccc21.Cl. The van der Waals surface area contributed by atoms with Crippen molar-refractivity contribution in [2.75, 3.05) is 6.61 Å². The smallest absolute Gasteiger partial charge is 0.237 e. The van der Waals surface area contributed by atoms with Crippen molar-refractivity contribution >= 4 is 29.9 Å². The number of hydrogen-bond acceptors (Lipinski definition) is 3. The fourth-order valence-corrected chi connectivity index (χ4v) is 2.64. The summed E-state index contributed by atoms with van der Waals surface area (Å²) < 4.78 is 5.70. The predicted molar refractivity (Wildman–Crippen MR) is 91.7 cm³/mol. The summed E-state index contributed by atoms with van der Waals surface area (Å²) >= 11 is 6.01. The van der Waals surface area contributed by atoms with Crippen LogP contribution in [0, 0.1) is 5.92 Å². The predicted octanol–water partition coefficient (Wildman–Crippen LogP) is 3.47. The van der Waals surface area contributed by atoms with Crippen LogP contribution in [-0.2, 0) is 4.79 Å². The van der Waals surface area contributed by atoms with Crippen LogP contribution in [0.4, 0.5) is 0 Å². The van der Waals surface area contributed by atoms with E-state index in [1.165, 1.54) is 0 Å². The normalized spacial score (nSPS) is 19.7. The molecule has 0 aliphatic carbocycles. The third-order valence-electron chi connectivity index (χ3n) is 4.12. The molecule has 0 bridgehead atoms. The Labute approximate surface area is 143 Å². The molecule has 22 heavy (non-hydrogen) atoms. The molecule has 0 radical (unpaired) electrons. The Kier molecular flexibility index (Phi) is 7.46. The zero-order valence-corrected chi connectivity index (χ0v) is 14.5. The maximum atomic E-state index is 12.3. The highest BCUT2D eigenvalue weighted by atomic mass is 35.5. The van der Waals surface area contributed by atoms with Gasteiger partial charge in [0.25, 0.3) is 0 Å². The number of halogens is 2. The lowest BCUT2D eigenvalue weighted by Crippen LogP contribution is -2.45. The Hall–Kier alpha value is -0.970. The monoisotopic (exact) mass is 346 g/mol. The van der Waals surface area contributed by atoms with Crippen LogP contribution in [0.15, 0.2) is 18.2 Å². The number of nitrogens with one attached hydrogen (secondary N) is 1. The van der Waals surface area contributed by atoms with Gasteiger partial charge in [0.1, 0.15) is 5.75 Å². The third-order valence-corrected chi connectivity index (χ3v) is 4.36. The summed E-state index contributed by atoms with van der Waals surface area (Å²) in [5.41, 5.74) is 6.98. The van der Waals surface area contributed by atoms with Crippen LogP contribution in [0.25, 0.3) is 0 Å². The quantitative estimate of drug-likeness (QED) is 0.877.